The largest absolute Gasteiger partial charge is 0.480 e. The van der Waals surface area contributed by atoms with E-state index in [1.807, 2.05) is 13.1 Å². The number of carboxylic acids is 1. The monoisotopic (exact) mass is 318 g/mol. The first kappa shape index (κ1) is 15.3. The molecule has 8 nitrogen and oxygen atoms in total. The topological polar surface area (TPSA) is 101 Å². The third-order valence-corrected chi connectivity index (χ3v) is 3.81. The molecule has 122 valence electrons. The maximum atomic E-state index is 12.6. The molecular weight excluding hydrogens is 300 g/mol. The summed E-state index contributed by atoms with van der Waals surface area (Å²) in [5, 5.41) is 17.1. The third-order valence-electron chi connectivity index (χ3n) is 3.81. The van der Waals surface area contributed by atoms with Crippen LogP contribution in [0.4, 0.5) is 0 Å². The van der Waals surface area contributed by atoms with Crippen molar-refractivity contribution in [2.45, 2.75) is 45.3 Å². The molecule has 2 aromatic rings. The molecule has 23 heavy (non-hydrogen) atoms. The Labute approximate surface area is 132 Å². The Morgan fingerprint density at radius 3 is 2.83 bits per heavy atom. The molecule has 0 aliphatic heterocycles. The predicted octanol–water partition coefficient (Wildman–Crippen LogP) is 1.31. The standard InChI is InChI=1S/C15H18N4O4/c1-9-6-16-18(7-9)8-12-5-13(17-23-12)14(20)19(11-3-4-11)10(2)15(21)22/h5-7,10-11H,3-4,8H2,1-2H3,(H,21,22). The van der Waals surface area contributed by atoms with E-state index in [1.165, 1.54) is 11.8 Å². The van der Waals surface area contributed by atoms with E-state index in [0.29, 0.717) is 12.3 Å². The number of nitrogens with zero attached hydrogens (tertiary/aromatic N) is 4. The third kappa shape index (κ3) is 3.25. The highest BCUT2D eigenvalue weighted by atomic mass is 16.5. The van der Waals surface area contributed by atoms with Gasteiger partial charge >= 0.3 is 5.97 Å². The van der Waals surface area contributed by atoms with Gasteiger partial charge in [-0.05, 0) is 32.3 Å². The first-order chi connectivity index (χ1) is 11.0. The van der Waals surface area contributed by atoms with Gasteiger partial charge in [0.15, 0.2) is 11.5 Å². The van der Waals surface area contributed by atoms with Crippen LogP contribution in [0.15, 0.2) is 23.0 Å². The van der Waals surface area contributed by atoms with E-state index in [2.05, 4.69) is 10.3 Å². The molecular formula is C15H18N4O4. The van der Waals surface area contributed by atoms with Crippen LogP contribution in [0.3, 0.4) is 0 Å². The molecule has 0 spiro atoms. The van der Waals surface area contributed by atoms with Crippen molar-refractivity contribution in [1.29, 1.82) is 0 Å². The molecule has 2 heterocycles. The fourth-order valence-electron chi connectivity index (χ4n) is 2.46. The lowest BCUT2D eigenvalue weighted by Crippen LogP contribution is -2.44. The number of carboxylic acid groups (broad SMARTS) is 1. The SMILES string of the molecule is Cc1cnn(Cc2cc(C(=O)N(C3CC3)C(C)C(=O)O)no2)c1. The van der Waals surface area contributed by atoms with Crippen molar-refractivity contribution in [1.82, 2.24) is 19.8 Å². The highest BCUT2D eigenvalue weighted by molar-refractivity contribution is 5.95. The van der Waals surface area contributed by atoms with Gasteiger partial charge in [-0.25, -0.2) is 4.79 Å². The molecule has 0 saturated heterocycles. The van der Waals surface area contributed by atoms with Crippen LogP contribution < -0.4 is 0 Å². The summed E-state index contributed by atoms with van der Waals surface area (Å²) in [6, 6.07) is 0.634. The average Bonchev–Trinajstić information content (AvgIpc) is 3.07. The van der Waals surface area contributed by atoms with Gasteiger partial charge in [-0.2, -0.15) is 5.10 Å². The van der Waals surface area contributed by atoms with Gasteiger partial charge in [-0.3, -0.25) is 9.48 Å². The van der Waals surface area contributed by atoms with Crippen LogP contribution in [0, 0.1) is 6.92 Å². The van der Waals surface area contributed by atoms with Crippen LogP contribution in [0.1, 0.15) is 41.6 Å². The summed E-state index contributed by atoms with van der Waals surface area (Å²) in [5.74, 6) is -0.940. The minimum atomic E-state index is -1.03. The molecule has 1 aliphatic carbocycles. The Morgan fingerprint density at radius 2 is 2.26 bits per heavy atom. The zero-order chi connectivity index (χ0) is 16.6. The first-order valence-electron chi connectivity index (χ1n) is 7.46. The molecule has 0 radical (unpaired) electrons. The van der Waals surface area contributed by atoms with Gasteiger partial charge in [-0.15, -0.1) is 0 Å². The average molecular weight is 318 g/mol. The van der Waals surface area contributed by atoms with E-state index >= 15 is 0 Å². The van der Waals surface area contributed by atoms with Crippen LogP contribution in [0.5, 0.6) is 0 Å². The normalized spacial score (nSPS) is 15.4. The lowest BCUT2D eigenvalue weighted by atomic mass is 10.2. The van der Waals surface area contributed by atoms with Crippen LogP contribution >= 0.6 is 0 Å². The number of rotatable bonds is 6. The zero-order valence-corrected chi connectivity index (χ0v) is 13.0. The molecule has 1 amide bonds. The van der Waals surface area contributed by atoms with Crippen LogP contribution in [0.25, 0.3) is 0 Å². The minimum Gasteiger partial charge on any atom is -0.480 e. The maximum absolute atomic E-state index is 12.6. The van der Waals surface area contributed by atoms with Crippen molar-refractivity contribution < 1.29 is 19.2 Å². The number of aliphatic carboxylic acids is 1. The number of hydrogen-bond donors (Lipinski definition) is 1. The summed E-state index contributed by atoms with van der Waals surface area (Å²) < 4.78 is 6.87. The highest BCUT2D eigenvalue weighted by Crippen LogP contribution is 2.30. The van der Waals surface area contributed by atoms with E-state index in [4.69, 9.17) is 4.52 Å². The van der Waals surface area contributed by atoms with Crippen LogP contribution in [0.2, 0.25) is 0 Å². The number of carbonyl (C=O) groups excluding carboxylic acids is 1. The molecule has 2 aromatic heterocycles. The van der Waals surface area contributed by atoms with Crippen molar-refractivity contribution >= 4 is 11.9 Å². The van der Waals surface area contributed by atoms with Crippen molar-refractivity contribution in [3.63, 3.8) is 0 Å². The van der Waals surface area contributed by atoms with Crippen molar-refractivity contribution in [2.75, 3.05) is 0 Å². The second kappa shape index (κ2) is 5.86. The van der Waals surface area contributed by atoms with Gasteiger partial charge in [0, 0.05) is 18.3 Å². The quantitative estimate of drug-likeness (QED) is 0.861. The Balaban J connectivity index is 1.75. The lowest BCUT2D eigenvalue weighted by Gasteiger charge is -2.25. The van der Waals surface area contributed by atoms with Gasteiger partial charge in [0.05, 0.1) is 6.20 Å². The van der Waals surface area contributed by atoms with Crippen LogP contribution in [-0.2, 0) is 11.3 Å². The zero-order valence-electron chi connectivity index (χ0n) is 13.0. The number of hydrogen-bond acceptors (Lipinski definition) is 5. The Bertz CT molecular complexity index is 731. The minimum absolute atomic E-state index is 0.0254. The van der Waals surface area contributed by atoms with Gasteiger partial charge in [0.1, 0.15) is 12.6 Å². The molecule has 3 rings (SSSR count). The highest BCUT2D eigenvalue weighted by Gasteiger charge is 2.39. The summed E-state index contributed by atoms with van der Waals surface area (Å²) >= 11 is 0. The van der Waals surface area contributed by atoms with E-state index < -0.39 is 17.9 Å². The summed E-state index contributed by atoms with van der Waals surface area (Å²) in [6.07, 6.45) is 5.22. The van der Waals surface area contributed by atoms with E-state index in [9.17, 15) is 14.7 Å². The van der Waals surface area contributed by atoms with E-state index in [1.54, 1.807) is 16.9 Å². The number of carbonyl (C=O) groups is 2. The fraction of sp³-hybridized carbons (Fsp3) is 0.467. The van der Waals surface area contributed by atoms with E-state index in [0.717, 1.165) is 18.4 Å². The fourth-order valence-corrected chi connectivity index (χ4v) is 2.46. The number of aromatic nitrogens is 3. The molecule has 1 atom stereocenters. The number of amides is 1. The Kier molecular flexibility index (Phi) is 3.89. The second-order valence-corrected chi connectivity index (χ2v) is 5.85. The summed E-state index contributed by atoms with van der Waals surface area (Å²) in [6.45, 7) is 3.80. The Morgan fingerprint density at radius 1 is 1.52 bits per heavy atom. The molecule has 1 N–H and O–H groups in total. The molecule has 1 saturated carbocycles. The summed E-state index contributed by atoms with van der Waals surface area (Å²) in [5.41, 5.74) is 1.15. The number of aryl methyl sites for hydroxylation is 1. The molecule has 1 fully saturated rings. The summed E-state index contributed by atoms with van der Waals surface area (Å²) in [4.78, 5) is 25.1. The molecule has 8 heteroatoms. The van der Waals surface area contributed by atoms with Gasteiger partial charge in [0.2, 0.25) is 0 Å². The van der Waals surface area contributed by atoms with Gasteiger partial charge < -0.3 is 14.5 Å². The molecule has 0 aromatic carbocycles. The van der Waals surface area contributed by atoms with Crippen molar-refractivity contribution in [3.05, 3.63) is 35.5 Å². The lowest BCUT2D eigenvalue weighted by molar-refractivity contribution is -0.141. The first-order valence-corrected chi connectivity index (χ1v) is 7.46. The smallest absolute Gasteiger partial charge is 0.326 e. The van der Waals surface area contributed by atoms with Crippen LogP contribution in [-0.4, -0.2) is 48.9 Å². The van der Waals surface area contributed by atoms with Crippen molar-refractivity contribution in [3.8, 4) is 0 Å². The maximum Gasteiger partial charge on any atom is 0.326 e. The predicted molar refractivity (Wildman–Crippen MR) is 78.9 cm³/mol. The molecule has 1 aliphatic rings. The second-order valence-electron chi connectivity index (χ2n) is 5.85. The molecule has 0 bridgehead atoms. The summed E-state index contributed by atoms with van der Waals surface area (Å²) in [7, 11) is 0. The van der Waals surface area contributed by atoms with Crippen molar-refractivity contribution in [2.24, 2.45) is 0 Å². The van der Waals surface area contributed by atoms with E-state index in [-0.39, 0.29) is 11.7 Å². The van der Waals surface area contributed by atoms with Gasteiger partial charge in [0.25, 0.3) is 5.91 Å². The molecule has 1 unspecified atom stereocenters. The Hall–Kier alpha value is -2.64. The van der Waals surface area contributed by atoms with Gasteiger partial charge in [-0.1, -0.05) is 5.16 Å².